The SMILES string of the molecule is c1ccc(N2CCCC(NCC3CCCC3)C2)cc1. The van der Waals surface area contributed by atoms with Gasteiger partial charge < -0.3 is 10.2 Å². The molecule has 2 nitrogen and oxygen atoms in total. The molecular formula is C17H26N2. The Bertz CT molecular complexity index is 370. The van der Waals surface area contributed by atoms with Gasteiger partial charge in [-0.25, -0.2) is 0 Å². The first-order chi connectivity index (χ1) is 9.42. The van der Waals surface area contributed by atoms with Gasteiger partial charge in [-0.1, -0.05) is 31.0 Å². The topological polar surface area (TPSA) is 15.3 Å². The third-order valence-corrected chi connectivity index (χ3v) is 4.71. The van der Waals surface area contributed by atoms with Crippen LogP contribution in [0.3, 0.4) is 0 Å². The second-order valence-corrected chi connectivity index (χ2v) is 6.18. The molecule has 1 saturated heterocycles. The molecule has 1 aromatic carbocycles. The van der Waals surface area contributed by atoms with Gasteiger partial charge in [-0.3, -0.25) is 0 Å². The number of rotatable bonds is 4. The molecule has 1 aliphatic heterocycles. The highest BCUT2D eigenvalue weighted by atomic mass is 15.2. The van der Waals surface area contributed by atoms with E-state index in [4.69, 9.17) is 0 Å². The molecular weight excluding hydrogens is 232 g/mol. The van der Waals surface area contributed by atoms with Crippen molar-refractivity contribution >= 4 is 5.69 Å². The van der Waals surface area contributed by atoms with E-state index in [1.807, 2.05) is 0 Å². The lowest BCUT2D eigenvalue weighted by Gasteiger charge is -2.35. The summed E-state index contributed by atoms with van der Waals surface area (Å²) in [5.41, 5.74) is 1.38. The van der Waals surface area contributed by atoms with Gasteiger partial charge in [0.15, 0.2) is 0 Å². The van der Waals surface area contributed by atoms with E-state index in [0.717, 1.165) is 5.92 Å². The van der Waals surface area contributed by atoms with Crippen LogP contribution in [0.5, 0.6) is 0 Å². The zero-order valence-electron chi connectivity index (χ0n) is 11.9. The molecule has 104 valence electrons. The van der Waals surface area contributed by atoms with Crippen molar-refractivity contribution < 1.29 is 0 Å². The number of nitrogens with zero attached hydrogens (tertiary/aromatic N) is 1. The average molecular weight is 258 g/mol. The van der Waals surface area contributed by atoms with Crippen LogP contribution < -0.4 is 10.2 Å². The van der Waals surface area contributed by atoms with Gasteiger partial charge in [0, 0.05) is 24.8 Å². The first-order valence-electron chi connectivity index (χ1n) is 7.95. The summed E-state index contributed by atoms with van der Waals surface area (Å²) < 4.78 is 0. The molecule has 1 N–H and O–H groups in total. The van der Waals surface area contributed by atoms with Crippen LogP contribution in [0, 0.1) is 5.92 Å². The van der Waals surface area contributed by atoms with Gasteiger partial charge in [0.05, 0.1) is 0 Å². The quantitative estimate of drug-likeness (QED) is 0.890. The van der Waals surface area contributed by atoms with Crippen LogP contribution in [0.2, 0.25) is 0 Å². The van der Waals surface area contributed by atoms with Crippen LogP contribution in [0.1, 0.15) is 38.5 Å². The number of benzene rings is 1. The molecule has 0 bridgehead atoms. The Labute approximate surface area is 117 Å². The normalized spacial score (nSPS) is 24.8. The van der Waals surface area contributed by atoms with Gasteiger partial charge in [-0.05, 0) is 50.3 Å². The lowest BCUT2D eigenvalue weighted by atomic mass is 10.0. The van der Waals surface area contributed by atoms with Gasteiger partial charge in [0.2, 0.25) is 0 Å². The molecule has 1 aromatic rings. The van der Waals surface area contributed by atoms with Crippen molar-refractivity contribution in [1.82, 2.24) is 5.32 Å². The fourth-order valence-electron chi connectivity index (χ4n) is 3.56. The van der Waals surface area contributed by atoms with Crippen LogP contribution in [0.15, 0.2) is 30.3 Å². The van der Waals surface area contributed by atoms with E-state index in [-0.39, 0.29) is 0 Å². The summed E-state index contributed by atoms with van der Waals surface area (Å²) in [5.74, 6) is 0.951. The maximum absolute atomic E-state index is 3.82. The predicted molar refractivity (Wildman–Crippen MR) is 81.6 cm³/mol. The maximum atomic E-state index is 3.82. The standard InChI is InChI=1S/C17H26N2/c1-2-10-17(11-3-1)19-12-6-9-16(14-19)18-13-15-7-4-5-8-15/h1-3,10-11,15-16,18H,4-9,12-14H2. The molecule has 3 rings (SSSR count). The molecule has 1 heterocycles. The smallest absolute Gasteiger partial charge is 0.0366 e. The van der Waals surface area contributed by atoms with Gasteiger partial charge in [0.25, 0.3) is 0 Å². The number of para-hydroxylation sites is 1. The molecule has 0 spiro atoms. The zero-order chi connectivity index (χ0) is 12.9. The maximum Gasteiger partial charge on any atom is 0.0366 e. The number of piperidine rings is 1. The highest BCUT2D eigenvalue weighted by molar-refractivity contribution is 5.46. The molecule has 2 heteroatoms. The van der Waals surface area contributed by atoms with Gasteiger partial charge in [-0.15, -0.1) is 0 Å². The van der Waals surface area contributed by atoms with Crippen molar-refractivity contribution in [2.45, 2.75) is 44.6 Å². The Morgan fingerprint density at radius 2 is 1.79 bits per heavy atom. The highest BCUT2D eigenvalue weighted by Gasteiger charge is 2.21. The third-order valence-electron chi connectivity index (χ3n) is 4.71. The van der Waals surface area contributed by atoms with E-state index in [9.17, 15) is 0 Å². The molecule has 0 radical (unpaired) electrons. The molecule has 2 fully saturated rings. The molecule has 1 aliphatic carbocycles. The minimum Gasteiger partial charge on any atom is -0.370 e. The summed E-state index contributed by atoms with van der Waals surface area (Å²) in [6.07, 6.45) is 8.46. The Morgan fingerprint density at radius 3 is 2.58 bits per heavy atom. The van der Waals surface area contributed by atoms with Crippen LogP contribution in [0.25, 0.3) is 0 Å². The van der Waals surface area contributed by atoms with Gasteiger partial charge in [0.1, 0.15) is 0 Å². The van der Waals surface area contributed by atoms with Crippen LogP contribution >= 0.6 is 0 Å². The summed E-state index contributed by atoms with van der Waals surface area (Å²) in [4.78, 5) is 2.54. The predicted octanol–water partition coefficient (Wildman–Crippen LogP) is 3.44. The van der Waals surface area contributed by atoms with Crippen molar-refractivity contribution in [2.75, 3.05) is 24.5 Å². The van der Waals surface area contributed by atoms with Gasteiger partial charge in [-0.2, -0.15) is 0 Å². The summed E-state index contributed by atoms with van der Waals surface area (Å²) in [5, 5.41) is 3.82. The van der Waals surface area contributed by atoms with E-state index in [1.165, 1.54) is 63.8 Å². The van der Waals surface area contributed by atoms with Crippen LogP contribution in [-0.4, -0.2) is 25.7 Å². The average Bonchev–Trinajstić information content (AvgIpc) is 3.00. The Morgan fingerprint density at radius 1 is 1.00 bits per heavy atom. The summed E-state index contributed by atoms with van der Waals surface area (Å²) in [7, 11) is 0. The molecule has 1 atom stereocenters. The first kappa shape index (κ1) is 13.0. The fourth-order valence-corrected chi connectivity index (χ4v) is 3.56. The minimum absolute atomic E-state index is 0.689. The molecule has 1 saturated carbocycles. The molecule has 0 amide bonds. The summed E-state index contributed by atoms with van der Waals surface area (Å²) >= 11 is 0. The van der Waals surface area contributed by atoms with E-state index in [1.54, 1.807) is 0 Å². The second-order valence-electron chi connectivity index (χ2n) is 6.18. The fraction of sp³-hybridized carbons (Fsp3) is 0.647. The number of nitrogens with one attached hydrogen (secondary N) is 1. The molecule has 19 heavy (non-hydrogen) atoms. The van der Waals surface area contributed by atoms with E-state index < -0.39 is 0 Å². The minimum atomic E-state index is 0.689. The highest BCUT2D eigenvalue weighted by Crippen LogP contribution is 2.25. The van der Waals surface area contributed by atoms with Gasteiger partial charge >= 0.3 is 0 Å². The lowest BCUT2D eigenvalue weighted by Crippen LogP contribution is -2.46. The van der Waals surface area contributed by atoms with E-state index in [0.29, 0.717) is 6.04 Å². The van der Waals surface area contributed by atoms with Crippen molar-refractivity contribution in [3.05, 3.63) is 30.3 Å². The Hall–Kier alpha value is -1.02. The number of anilines is 1. The molecule has 1 unspecified atom stereocenters. The Balaban J connectivity index is 1.50. The van der Waals surface area contributed by atoms with Crippen molar-refractivity contribution in [1.29, 1.82) is 0 Å². The Kier molecular flexibility index (Phi) is 4.39. The van der Waals surface area contributed by atoms with E-state index in [2.05, 4.69) is 40.5 Å². The summed E-state index contributed by atoms with van der Waals surface area (Å²) in [6, 6.07) is 11.5. The zero-order valence-corrected chi connectivity index (χ0v) is 11.9. The molecule has 0 aromatic heterocycles. The lowest BCUT2D eigenvalue weighted by molar-refractivity contribution is 0.383. The number of hydrogen-bond acceptors (Lipinski definition) is 2. The first-order valence-corrected chi connectivity index (χ1v) is 7.95. The summed E-state index contributed by atoms with van der Waals surface area (Å²) in [6.45, 7) is 3.63. The van der Waals surface area contributed by atoms with E-state index >= 15 is 0 Å². The van der Waals surface area contributed by atoms with Crippen LogP contribution in [-0.2, 0) is 0 Å². The molecule has 2 aliphatic rings. The monoisotopic (exact) mass is 258 g/mol. The number of hydrogen-bond donors (Lipinski definition) is 1. The second kappa shape index (κ2) is 6.42. The third kappa shape index (κ3) is 3.50. The largest absolute Gasteiger partial charge is 0.370 e. The van der Waals surface area contributed by atoms with Crippen molar-refractivity contribution in [2.24, 2.45) is 5.92 Å². The van der Waals surface area contributed by atoms with Crippen molar-refractivity contribution in [3.63, 3.8) is 0 Å². The van der Waals surface area contributed by atoms with Crippen LogP contribution in [0.4, 0.5) is 5.69 Å². The van der Waals surface area contributed by atoms with Crippen molar-refractivity contribution in [3.8, 4) is 0 Å².